The molecule has 0 N–H and O–H groups in total. The molecule has 0 saturated carbocycles. The molecule has 1 aliphatic heterocycles. The number of hydrogen-bond acceptors (Lipinski definition) is 4. The quantitative estimate of drug-likeness (QED) is 0.774. The van der Waals surface area contributed by atoms with Gasteiger partial charge >= 0.3 is 0 Å². The lowest BCUT2D eigenvalue weighted by atomic mass is 10.1. The van der Waals surface area contributed by atoms with E-state index in [0.717, 1.165) is 18.8 Å². The number of ether oxygens (including phenoxy) is 1. The third-order valence-corrected chi connectivity index (χ3v) is 3.54. The van der Waals surface area contributed by atoms with Crippen molar-refractivity contribution in [2.45, 2.75) is 26.3 Å². The topological polar surface area (TPSA) is 38.2 Å². The van der Waals surface area contributed by atoms with Gasteiger partial charge in [0.05, 0.1) is 19.0 Å². The van der Waals surface area contributed by atoms with E-state index in [1.807, 2.05) is 6.92 Å². The standard InChI is InChI=1S/C12H18ClN3O/c1-3-17-12-8-14-7-11(15-12)16-5-4-9(2)10(16)6-13/h7-10H,3-6H2,1-2H3. The first-order valence-electron chi connectivity index (χ1n) is 6.03. The summed E-state index contributed by atoms with van der Waals surface area (Å²) in [6.07, 6.45) is 4.57. The summed E-state index contributed by atoms with van der Waals surface area (Å²) in [4.78, 5) is 10.9. The highest BCUT2D eigenvalue weighted by Gasteiger charge is 2.31. The Bertz CT molecular complexity index is 375. The van der Waals surface area contributed by atoms with Crippen LogP contribution in [0.1, 0.15) is 20.3 Å². The van der Waals surface area contributed by atoms with Gasteiger partial charge < -0.3 is 9.64 Å². The molecule has 0 bridgehead atoms. The molecule has 17 heavy (non-hydrogen) atoms. The minimum absolute atomic E-state index is 0.350. The van der Waals surface area contributed by atoms with Gasteiger partial charge in [-0.05, 0) is 19.3 Å². The third kappa shape index (κ3) is 2.63. The third-order valence-electron chi connectivity index (χ3n) is 3.23. The maximum absolute atomic E-state index is 6.03. The lowest BCUT2D eigenvalue weighted by molar-refractivity contribution is 0.325. The molecule has 2 atom stereocenters. The van der Waals surface area contributed by atoms with Gasteiger partial charge in [0, 0.05) is 18.5 Å². The number of anilines is 1. The molecule has 0 aromatic carbocycles. The van der Waals surface area contributed by atoms with Crippen LogP contribution < -0.4 is 9.64 Å². The lowest BCUT2D eigenvalue weighted by Gasteiger charge is -2.25. The van der Waals surface area contributed by atoms with E-state index < -0.39 is 0 Å². The summed E-state index contributed by atoms with van der Waals surface area (Å²) in [5.74, 6) is 2.68. The minimum atomic E-state index is 0.350. The van der Waals surface area contributed by atoms with E-state index in [-0.39, 0.29) is 0 Å². The largest absolute Gasteiger partial charge is 0.477 e. The smallest absolute Gasteiger partial charge is 0.234 e. The predicted octanol–water partition coefficient (Wildman–Crippen LogP) is 2.33. The van der Waals surface area contributed by atoms with E-state index in [0.29, 0.717) is 30.3 Å². The average Bonchev–Trinajstić information content (AvgIpc) is 2.71. The number of nitrogens with zero attached hydrogens (tertiary/aromatic N) is 3. The van der Waals surface area contributed by atoms with Crippen LogP contribution in [0.2, 0.25) is 0 Å². The Morgan fingerprint density at radius 1 is 1.53 bits per heavy atom. The summed E-state index contributed by atoms with van der Waals surface area (Å²) in [6.45, 7) is 5.76. The van der Waals surface area contributed by atoms with Gasteiger partial charge in [0.1, 0.15) is 0 Å². The van der Waals surface area contributed by atoms with E-state index >= 15 is 0 Å². The van der Waals surface area contributed by atoms with Crippen molar-refractivity contribution in [3.8, 4) is 5.88 Å². The van der Waals surface area contributed by atoms with E-state index in [1.54, 1.807) is 12.4 Å². The van der Waals surface area contributed by atoms with Crippen LogP contribution in [-0.2, 0) is 0 Å². The summed E-state index contributed by atoms with van der Waals surface area (Å²) in [6, 6.07) is 0.350. The van der Waals surface area contributed by atoms with E-state index in [4.69, 9.17) is 16.3 Å². The Hall–Kier alpha value is -1.03. The Morgan fingerprint density at radius 2 is 2.35 bits per heavy atom. The molecular formula is C12H18ClN3O. The zero-order chi connectivity index (χ0) is 12.3. The van der Waals surface area contributed by atoms with Crippen LogP contribution in [0, 0.1) is 5.92 Å². The fraction of sp³-hybridized carbons (Fsp3) is 0.667. The molecule has 1 fully saturated rings. The van der Waals surface area contributed by atoms with Gasteiger partial charge in [0.15, 0.2) is 5.82 Å². The van der Waals surface area contributed by atoms with Crippen molar-refractivity contribution in [2.75, 3.05) is 23.9 Å². The molecule has 2 unspecified atom stereocenters. The van der Waals surface area contributed by atoms with Crippen LogP contribution in [0.25, 0.3) is 0 Å². The summed E-state index contributed by atoms with van der Waals surface area (Å²) in [5, 5.41) is 0. The molecule has 1 aromatic rings. The first kappa shape index (κ1) is 12.4. The summed E-state index contributed by atoms with van der Waals surface area (Å²) < 4.78 is 5.37. The van der Waals surface area contributed by atoms with Gasteiger partial charge in [-0.3, -0.25) is 4.98 Å². The molecule has 0 spiro atoms. The van der Waals surface area contributed by atoms with Gasteiger partial charge in [-0.1, -0.05) is 6.92 Å². The Labute approximate surface area is 107 Å². The number of alkyl halides is 1. The second-order valence-electron chi connectivity index (χ2n) is 4.33. The molecule has 0 aliphatic carbocycles. The molecule has 2 heterocycles. The predicted molar refractivity (Wildman–Crippen MR) is 68.8 cm³/mol. The van der Waals surface area contributed by atoms with Crippen LogP contribution >= 0.6 is 11.6 Å². The highest BCUT2D eigenvalue weighted by Crippen LogP contribution is 2.29. The number of halogens is 1. The van der Waals surface area contributed by atoms with Gasteiger partial charge in [-0.2, -0.15) is 4.98 Å². The number of aromatic nitrogens is 2. The normalized spacial score (nSPS) is 24.1. The van der Waals surface area contributed by atoms with E-state index in [2.05, 4.69) is 21.8 Å². The fourth-order valence-electron chi connectivity index (χ4n) is 2.22. The van der Waals surface area contributed by atoms with Crippen LogP contribution in [0.3, 0.4) is 0 Å². The van der Waals surface area contributed by atoms with Crippen molar-refractivity contribution in [3.05, 3.63) is 12.4 Å². The SMILES string of the molecule is CCOc1cncc(N2CCC(C)C2CCl)n1. The van der Waals surface area contributed by atoms with Crippen LogP contribution in [0.15, 0.2) is 12.4 Å². The van der Waals surface area contributed by atoms with E-state index in [1.165, 1.54) is 0 Å². The summed E-state index contributed by atoms with van der Waals surface area (Å²) >= 11 is 6.03. The summed E-state index contributed by atoms with van der Waals surface area (Å²) in [7, 11) is 0. The molecule has 0 amide bonds. The molecule has 1 aliphatic rings. The monoisotopic (exact) mass is 255 g/mol. The second kappa shape index (κ2) is 5.54. The highest BCUT2D eigenvalue weighted by molar-refractivity contribution is 6.18. The molecule has 94 valence electrons. The van der Waals surface area contributed by atoms with Crippen LogP contribution in [0.5, 0.6) is 5.88 Å². The van der Waals surface area contributed by atoms with Crippen molar-refractivity contribution in [1.29, 1.82) is 0 Å². The molecule has 4 nitrogen and oxygen atoms in total. The molecule has 5 heteroatoms. The van der Waals surface area contributed by atoms with Crippen molar-refractivity contribution in [3.63, 3.8) is 0 Å². The van der Waals surface area contributed by atoms with Crippen molar-refractivity contribution in [1.82, 2.24) is 9.97 Å². The van der Waals surface area contributed by atoms with Gasteiger partial charge in [0.2, 0.25) is 5.88 Å². The van der Waals surface area contributed by atoms with Crippen molar-refractivity contribution >= 4 is 17.4 Å². The molecule has 2 rings (SSSR count). The maximum atomic E-state index is 6.03. The Kier molecular flexibility index (Phi) is 4.05. The second-order valence-corrected chi connectivity index (χ2v) is 4.64. The zero-order valence-electron chi connectivity index (χ0n) is 10.3. The fourth-order valence-corrected chi connectivity index (χ4v) is 2.69. The highest BCUT2D eigenvalue weighted by atomic mass is 35.5. The van der Waals surface area contributed by atoms with Crippen LogP contribution in [-0.4, -0.2) is 35.0 Å². The first-order valence-corrected chi connectivity index (χ1v) is 6.57. The van der Waals surface area contributed by atoms with Gasteiger partial charge in [0.25, 0.3) is 0 Å². The number of hydrogen-bond donors (Lipinski definition) is 0. The van der Waals surface area contributed by atoms with Gasteiger partial charge in [-0.15, -0.1) is 11.6 Å². The van der Waals surface area contributed by atoms with Crippen molar-refractivity contribution < 1.29 is 4.74 Å². The Balaban J connectivity index is 2.18. The minimum Gasteiger partial charge on any atom is -0.477 e. The maximum Gasteiger partial charge on any atom is 0.234 e. The first-order chi connectivity index (χ1) is 8.26. The van der Waals surface area contributed by atoms with Crippen molar-refractivity contribution in [2.24, 2.45) is 5.92 Å². The lowest BCUT2D eigenvalue weighted by Crippen LogP contribution is -2.34. The Morgan fingerprint density at radius 3 is 3.06 bits per heavy atom. The number of rotatable bonds is 4. The molecule has 0 radical (unpaired) electrons. The average molecular weight is 256 g/mol. The molecule has 1 aromatic heterocycles. The van der Waals surface area contributed by atoms with E-state index in [9.17, 15) is 0 Å². The molecule has 1 saturated heterocycles. The molecular weight excluding hydrogens is 238 g/mol. The van der Waals surface area contributed by atoms with Crippen LogP contribution in [0.4, 0.5) is 5.82 Å². The zero-order valence-corrected chi connectivity index (χ0v) is 11.0. The van der Waals surface area contributed by atoms with Gasteiger partial charge in [-0.25, -0.2) is 0 Å². The summed E-state index contributed by atoms with van der Waals surface area (Å²) in [5.41, 5.74) is 0.